The van der Waals surface area contributed by atoms with Crippen LogP contribution in [0, 0.1) is 0 Å². The smallest absolute Gasteiger partial charge is 0.113 e. The van der Waals surface area contributed by atoms with Crippen molar-refractivity contribution in [1.29, 1.82) is 0 Å². The van der Waals surface area contributed by atoms with Crippen LogP contribution in [0.3, 0.4) is 0 Å². The number of pyridine rings is 1. The first kappa shape index (κ1) is 10.5. The average Bonchev–Trinajstić information content (AvgIpc) is 2.90. The molecule has 0 aliphatic carbocycles. The standard InChI is InChI=1S/C13H11N5/c14-11-1-3-12(4-2-11)18-9-13(16-17-18)10-5-7-15-8-6-10/h1-9H,14H2. The molecule has 0 saturated heterocycles. The highest BCUT2D eigenvalue weighted by Crippen LogP contribution is 2.16. The molecule has 88 valence electrons. The van der Waals surface area contributed by atoms with E-state index in [0.29, 0.717) is 0 Å². The summed E-state index contributed by atoms with van der Waals surface area (Å²) < 4.78 is 1.72. The molecular formula is C13H11N5. The summed E-state index contributed by atoms with van der Waals surface area (Å²) in [4.78, 5) is 3.98. The summed E-state index contributed by atoms with van der Waals surface area (Å²) in [6.45, 7) is 0. The van der Waals surface area contributed by atoms with Crippen LogP contribution in [-0.4, -0.2) is 20.0 Å². The maximum absolute atomic E-state index is 5.65. The first-order valence-corrected chi connectivity index (χ1v) is 5.51. The third-order valence-corrected chi connectivity index (χ3v) is 2.63. The molecule has 0 radical (unpaired) electrons. The monoisotopic (exact) mass is 237 g/mol. The molecule has 0 bridgehead atoms. The number of nitrogens with zero attached hydrogens (tertiary/aromatic N) is 4. The molecule has 5 heteroatoms. The minimum Gasteiger partial charge on any atom is -0.399 e. The van der Waals surface area contributed by atoms with E-state index in [-0.39, 0.29) is 0 Å². The molecule has 0 aliphatic rings. The van der Waals surface area contributed by atoms with Crippen LogP contribution in [-0.2, 0) is 0 Å². The lowest BCUT2D eigenvalue weighted by molar-refractivity contribution is 0.804. The number of nitrogen functional groups attached to an aromatic ring is 1. The molecule has 0 atom stereocenters. The Kier molecular flexibility index (Phi) is 2.49. The normalized spacial score (nSPS) is 10.4. The van der Waals surface area contributed by atoms with Crippen molar-refractivity contribution in [2.45, 2.75) is 0 Å². The molecule has 3 rings (SSSR count). The average molecular weight is 237 g/mol. The number of anilines is 1. The van der Waals surface area contributed by atoms with E-state index < -0.39 is 0 Å². The van der Waals surface area contributed by atoms with Crippen molar-refractivity contribution in [2.24, 2.45) is 0 Å². The third-order valence-electron chi connectivity index (χ3n) is 2.63. The van der Waals surface area contributed by atoms with Gasteiger partial charge in [-0.25, -0.2) is 4.68 Å². The Morgan fingerprint density at radius 2 is 1.67 bits per heavy atom. The molecule has 3 aromatic rings. The summed E-state index contributed by atoms with van der Waals surface area (Å²) in [6, 6.07) is 11.3. The van der Waals surface area contributed by atoms with Gasteiger partial charge in [-0.3, -0.25) is 4.98 Å². The Labute approximate surface area is 104 Å². The zero-order valence-corrected chi connectivity index (χ0v) is 9.56. The van der Waals surface area contributed by atoms with Gasteiger partial charge in [0.15, 0.2) is 0 Å². The van der Waals surface area contributed by atoms with Crippen molar-refractivity contribution in [1.82, 2.24) is 20.0 Å². The number of aromatic nitrogens is 4. The van der Waals surface area contributed by atoms with Crippen LogP contribution in [0.2, 0.25) is 0 Å². The summed E-state index contributed by atoms with van der Waals surface area (Å²) in [5.74, 6) is 0. The molecule has 0 saturated carbocycles. The van der Waals surface area contributed by atoms with Gasteiger partial charge in [0, 0.05) is 23.6 Å². The largest absolute Gasteiger partial charge is 0.399 e. The van der Waals surface area contributed by atoms with E-state index in [2.05, 4.69) is 15.3 Å². The fourth-order valence-electron chi connectivity index (χ4n) is 1.67. The number of rotatable bonds is 2. The highest BCUT2D eigenvalue weighted by Gasteiger charge is 2.04. The van der Waals surface area contributed by atoms with Gasteiger partial charge in [0.2, 0.25) is 0 Å². The van der Waals surface area contributed by atoms with Crippen LogP contribution in [0.1, 0.15) is 0 Å². The molecule has 1 aromatic carbocycles. The molecule has 2 heterocycles. The molecule has 0 unspecified atom stereocenters. The fourth-order valence-corrected chi connectivity index (χ4v) is 1.67. The summed E-state index contributed by atoms with van der Waals surface area (Å²) in [6.07, 6.45) is 5.34. The second kappa shape index (κ2) is 4.29. The molecule has 0 amide bonds. The number of benzene rings is 1. The minimum absolute atomic E-state index is 0.730. The maximum Gasteiger partial charge on any atom is 0.113 e. The van der Waals surface area contributed by atoms with E-state index in [0.717, 1.165) is 22.6 Å². The van der Waals surface area contributed by atoms with Gasteiger partial charge in [-0.1, -0.05) is 5.21 Å². The van der Waals surface area contributed by atoms with E-state index in [9.17, 15) is 0 Å². The molecule has 0 fully saturated rings. The Morgan fingerprint density at radius 3 is 2.39 bits per heavy atom. The highest BCUT2D eigenvalue weighted by molar-refractivity contribution is 5.57. The topological polar surface area (TPSA) is 69.6 Å². The summed E-state index contributed by atoms with van der Waals surface area (Å²) in [5.41, 5.74) is 9.11. The van der Waals surface area contributed by atoms with E-state index in [1.165, 1.54) is 0 Å². The van der Waals surface area contributed by atoms with Gasteiger partial charge in [0.25, 0.3) is 0 Å². The third kappa shape index (κ3) is 1.93. The zero-order chi connectivity index (χ0) is 12.4. The lowest BCUT2D eigenvalue weighted by Crippen LogP contribution is -1.95. The Balaban J connectivity index is 1.97. The molecule has 0 spiro atoms. The maximum atomic E-state index is 5.65. The van der Waals surface area contributed by atoms with Gasteiger partial charge in [0.1, 0.15) is 5.69 Å². The summed E-state index contributed by atoms with van der Waals surface area (Å²) >= 11 is 0. The fraction of sp³-hybridized carbons (Fsp3) is 0. The predicted octanol–water partition coefficient (Wildman–Crippen LogP) is 1.91. The SMILES string of the molecule is Nc1ccc(-n2cc(-c3ccncc3)nn2)cc1. The van der Waals surface area contributed by atoms with Crippen LogP contribution < -0.4 is 5.73 Å². The van der Waals surface area contributed by atoms with E-state index in [1.54, 1.807) is 17.1 Å². The molecule has 2 N–H and O–H groups in total. The van der Waals surface area contributed by atoms with Crippen molar-refractivity contribution in [3.8, 4) is 16.9 Å². The molecule has 2 aromatic heterocycles. The van der Waals surface area contributed by atoms with E-state index >= 15 is 0 Å². The first-order valence-electron chi connectivity index (χ1n) is 5.51. The summed E-state index contributed by atoms with van der Waals surface area (Å²) in [5, 5.41) is 8.24. The van der Waals surface area contributed by atoms with Crippen molar-refractivity contribution < 1.29 is 0 Å². The lowest BCUT2D eigenvalue weighted by atomic mass is 10.2. The van der Waals surface area contributed by atoms with Crippen LogP contribution in [0.25, 0.3) is 16.9 Å². The van der Waals surface area contributed by atoms with Gasteiger partial charge < -0.3 is 5.73 Å². The Bertz CT molecular complexity index is 643. The van der Waals surface area contributed by atoms with Crippen molar-refractivity contribution >= 4 is 5.69 Å². The van der Waals surface area contributed by atoms with Crippen LogP contribution in [0.4, 0.5) is 5.69 Å². The lowest BCUT2D eigenvalue weighted by Gasteiger charge is -1.99. The van der Waals surface area contributed by atoms with E-state index in [4.69, 9.17) is 5.73 Å². The van der Waals surface area contributed by atoms with E-state index in [1.807, 2.05) is 42.6 Å². The second-order valence-corrected chi connectivity index (χ2v) is 3.88. The van der Waals surface area contributed by atoms with Crippen molar-refractivity contribution in [3.63, 3.8) is 0 Å². The van der Waals surface area contributed by atoms with Gasteiger partial charge >= 0.3 is 0 Å². The Morgan fingerprint density at radius 1 is 0.944 bits per heavy atom. The molecule has 18 heavy (non-hydrogen) atoms. The Hall–Kier alpha value is -2.69. The van der Waals surface area contributed by atoms with Gasteiger partial charge in [-0.05, 0) is 36.4 Å². The number of hydrogen-bond donors (Lipinski definition) is 1. The second-order valence-electron chi connectivity index (χ2n) is 3.88. The van der Waals surface area contributed by atoms with Crippen LogP contribution in [0.15, 0.2) is 55.0 Å². The predicted molar refractivity (Wildman–Crippen MR) is 69.0 cm³/mol. The van der Waals surface area contributed by atoms with Crippen molar-refractivity contribution in [2.75, 3.05) is 5.73 Å². The quantitative estimate of drug-likeness (QED) is 0.691. The van der Waals surface area contributed by atoms with Crippen LogP contribution in [0.5, 0.6) is 0 Å². The summed E-state index contributed by atoms with van der Waals surface area (Å²) in [7, 11) is 0. The van der Waals surface area contributed by atoms with Crippen molar-refractivity contribution in [3.05, 3.63) is 55.0 Å². The number of nitrogens with two attached hydrogens (primary N) is 1. The van der Waals surface area contributed by atoms with Gasteiger partial charge in [0.05, 0.1) is 11.9 Å². The molecular weight excluding hydrogens is 226 g/mol. The highest BCUT2D eigenvalue weighted by atomic mass is 15.4. The zero-order valence-electron chi connectivity index (χ0n) is 9.56. The first-order chi connectivity index (χ1) is 8.83. The number of hydrogen-bond acceptors (Lipinski definition) is 4. The minimum atomic E-state index is 0.730. The van der Waals surface area contributed by atoms with Crippen LogP contribution >= 0.6 is 0 Å². The molecule has 5 nitrogen and oxygen atoms in total. The van der Waals surface area contributed by atoms with Gasteiger partial charge in [-0.2, -0.15) is 0 Å². The van der Waals surface area contributed by atoms with Gasteiger partial charge in [-0.15, -0.1) is 5.10 Å². The molecule has 0 aliphatic heterocycles.